The normalized spacial score (nSPS) is 10.2. The zero-order valence-corrected chi connectivity index (χ0v) is 9.44. The van der Waals surface area contributed by atoms with Gasteiger partial charge in [0.2, 0.25) is 0 Å². The van der Waals surface area contributed by atoms with Crippen LogP contribution in [0.3, 0.4) is 0 Å². The monoisotopic (exact) mass is 233 g/mol. The van der Waals surface area contributed by atoms with E-state index in [9.17, 15) is 10.1 Å². The van der Waals surface area contributed by atoms with Gasteiger partial charge in [0, 0.05) is 17.0 Å². The van der Waals surface area contributed by atoms with Crippen LogP contribution in [0, 0.1) is 10.1 Å². The van der Waals surface area contributed by atoms with Crippen molar-refractivity contribution in [2.75, 3.05) is 0 Å². The standard InChI is InChI=1S/C12H11NO2S/c14-13(15)11-4-1-3-10(9-11)6-7-12-5-2-8-16-12/h1-5,8-9H,6-7H2. The Balaban J connectivity index is 2.04. The summed E-state index contributed by atoms with van der Waals surface area (Å²) < 4.78 is 0. The van der Waals surface area contributed by atoms with E-state index in [4.69, 9.17) is 0 Å². The van der Waals surface area contributed by atoms with Crippen LogP contribution in [0.15, 0.2) is 41.8 Å². The summed E-state index contributed by atoms with van der Waals surface area (Å²) in [5.74, 6) is 0. The van der Waals surface area contributed by atoms with Crippen LogP contribution in [-0.4, -0.2) is 4.92 Å². The molecule has 0 amide bonds. The van der Waals surface area contributed by atoms with Crippen LogP contribution in [0.25, 0.3) is 0 Å². The highest BCUT2D eigenvalue weighted by atomic mass is 32.1. The molecular weight excluding hydrogens is 222 g/mol. The molecule has 82 valence electrons. The fourth-order valence-electron chi connectivity index (χ4n) is 1.55. The Labute approximate surface area is 97.5 Å². The number of hydrogen-bond donors (Lipinski definition) is 0. The lowest BCUT2D eigenvalue weighted by Crippen LogP contribution is -1.92. The maximum atomic E-state index is 10.6. The molecule has 1 aromatic carbocycles. The fraction of sp³-hybridized carbons (Fsp3) is 0.167. The second-order valence-electron chi connectivity index (χ2n) is 3.51. The minimum Gasteiger partial charge on any atom is -0.258 e. The van der Waals surface area contributed by atoms with Gasteiger partial charge in [-0.05, 0) is 29.9 Å². The number of benzene rings is 1. The van der Waals surface area contributed by atoms with Crippen molar-refractivity contribution in [2.24, 2.45) is 0 Å². The minimum absolute atomic E-state index is 0.170. The fourth-order valence-corrected chi connectivity index (χ4v) is 2.26. The largest absolute Gasteiger partial charge is 0.269 e. The molecule has 0 saturated carbocycles. The summed E-state index contributed by atoms with van der Waals surface area (Å²) in [4.78, 5) is 11.6. The molecular formula is C12H11NO2S. The molecule has 0 saturated heterocycles. The molecule has 2 rings (SSSR count). The maximum absolute atomic E-state index is 10.6. The average Bonchev–Trinajstić information content (AvgIpc) is 2.79. The smallest absolute Gasteiger partial charge is 0.258 e. The Morgan fingerprint density at radius 1 is 1.19 bits per heavy atom. The van der Waals surface area contributed by atoms with E-state index in [2.05, 4.69) is 6.07 Å². The van der Waals surface area contributed by atoms with E-state index in [0.717, 1.165) is 18.4 Å². The molecule has 16 heavy (non-hydrogen) atoms. The van der Waals surface area contributed by atoms with Crippen molar-refractivity contribution in [3.8, 4) is 0 Å². The van der Waals surface area contributed by atoms with E-state index < -0.39 is 0 Å². The molecule has 2 aromatic rings. The van der Waals surface area contributed by atoms with E-state index >= 15 is 0 Å². The van der Waals surface area contributed by atoms with E-state index in [-0.39, 0.29) is 10.6 Å². The number of aryl methyl sites for hydroxylation is 2. The summed E-state index contributed by atoms with van der Waals surface area (Å²) in [5, 5.41) is 12.6. The summed E-state index contributed by atoms with van der Waals surface area (Å²) in [6, 6.07) is 10.9. The number of nitro groups is 1. The molecule has 0 bridgehead atoms. The topological polar surface area (TPSA) is 43.1 Å². The minimum atomic E-state index is -0.353. The van der Waals surface area contributed by atoms with Crippen LogP contribution in [-0.2, 0) is 12.8 Å². The van der Waals surface area contributed by atoms with Crippen LogP contribution >= 0.6 is 11.3 Å². The van der Waals surface area contributed by atoms with Crippen LogP contribution in [0.2, 0.25) is 0 Å². The average molecular weight is 233 g/mol. The SMILES string of the molecule is O=[N+]([O-])c1cccc(CCc2cccs2)c1. The third-order valence-electron chi connectivity index (χ3n) is 2.36. The highest BCUT2D eigenvalue weighted by Gasteiger charge is 2.05. The molecule has 1 heterocycles. The van der Waals surface area contributed by atoms with E-state index in [1.165, 1.54) is 10.9 Å². The van der Waals surface area contributed by atoms with Crippen LogP contribution in [0.1, 0.15) is 10.4 Å². The van der Waals surface area contributed by atoms with E-state index in [1.807, 2.05) is 17.5 Å². The molecule has 0 unspecified atom stereocenters. The predicted octanol–water partition coefficient (Wildman–Crippen LogP) is 3.44. The summed E-state index contributed by atoms with van der Waals surface area (Å²) >= 11 is 1.72. The first-order valence-corrected chi connectivity index (χ1v) is 5.89. The van der Waals surface area contributed by atoms with Crippen molar-refractivity contribution < 1.29 is 4.92 Å². The van der Waals surface area contributed by atoms with E-state index in [1.54, 1.807) is 23.5 Å². The zero-order valence-electron chi connectivity index (χ0n) is 8.63. The molecule has 0 aliphatic carbocycles. The van der Waals surface area contributed by atoms with Gasteiger partial charge in [0.1, 0.15) is 0 Å². The molecule has 0 aliphatic rings. The predicted molar refractivity (Wildman–Crippen MR) is 64.8 cm³/mol. The molecule has 4 heteroatoms. The Kier molecular flexibility index (Phi) is 3.31. The molecule has 0 fully saturated rings. The van der Waals surface area contributed by atoms with Gasteiger partial charge in [0.05, 0.1) is 4.92 Å². The van der Waals surface area contributed by atoms with Gasteiger partial charge in [-0.15, -0.1) is 11.3 Å². The molecule has 0 N–H and O–H groups in total. The molecule has 0 aliphatic heterocycles. The Morgan fingerprint density at radius 2 is 2.06 bits per heavy atom. The molecule has 0 spiro atoms. The summed E-state index contributed by atoms with van der Waals surface area (Å²) in [7, 11) is 0. The number of thiophene rings is 1. The van der Waals surface area contributed by atoms with Crippen molar-refractivity contribution in [3.05, 3.63) is 62.3 Å². The van der Waals surface area contributed by atoms with Gasteiger partial charge in [-0.25, -0.2) is 0 Å². The maximum Gasteiger partial charge on any atom is 0.269 e. The van der Waals surface area contributed by atoms with Crippen molar-refractivity contribution in [3.63, 3.8) is 0 Å². The quantitative estimate of drug-likeness (QED) is 0.599. The van der Waals surface area contributed by atoms with Gasteiger partial charge in [-0.3, -0.25) is 10.1 Å². The molecule has 0 atom stereocenters. The highest BCUT2D eigenvalue weighted by molar-refractivity contribution is 7.09. The van der Waals surface area contributed by atoms with Crippen LogP contribution in [0.4, 0.5) is 5.69 Å². The molecule has 0 radical (unpaired) electrons. The van der Waals surface area contributed by atoms with Gasteiger partial charge in [0.25, 0.3) is 5.69 Å². The lowest BCUT2D eigenvalue weighted by Gasteiger charge is -1.99. The van der Waals surface area contributed by atoms with E-state index in [0.29, 0.717) is 0 Å². The number of rotatable bonds is 4. The number of nitro benzene ring substituents is 1. The summed E-state index contributed by atoms with van der Waals surface area (Å²) in [6.07, 6.45) is 1.79. The Hall–Kier alpha value is -1.68. The van der Waals surface area contributed by atoms with Gasteiger partial charge in [-0.2, -0.15) is 0 Å². The second kappa shape index (κ2) is 4.90. The summed E-state index contributed by atoms with van der Waals surface area (Å²) in [5.41, 5.74) is 1.19. The lowest BCUT2D eigenvalue weighted by atomic mass is 10.1. The first-order chi connectivity index (χ1) is 7.75. The summed E-state index contributed by atoms with van der Waals surface area (Å²) in [6.45, 7) is 0. The highest BCUT2D eigenvalue weighted by Crippen LogP contribution is 2.16. The third kappa shape index (κ3) is 2.67. The first kappa shape index (κ1) is 10.8. The van der Waals surface area contributed by atoms with Crippen molar-refractivity contribution in [2.45, 2.75) is 12.8 Å². The number of hydrogen-bond acceptors (Lipinski definition) is 3. The van der Waals surface area contributed by atoms with Crippen molar-refractivity contribution >= 4 is 17.0 Å². The first-order valence-electron chi connectivity index (χ1n) is 5.01. The second-order valence-corrected chi connectivity index (χ2v) is 4.54. The van der Waals surface area contributed by atoms with Gasteiger partial charge >= 0.3 is 0 Å². The van der Waals surface area contributed by atoms with Gasteiger partial charge in [0.15, 0.2) is 0 Å². The van der Waals surface area contributed by atoms with Crippen molar-refractivity contribution in [1.29, 1.82) is 0 Å². The van der Waals surface area contributed by atoms with Crippen molar-refractivity contribution in [1.82, 2.24) is 0 Å². The van der Waals surface area contributed by atoms with Crippen LogP contribution in [0.5, 0.6) is 0 Å². The molecule has 1 aromatic heterocycles. The number of non-ortho nitro benzene ring substituents is 1. The lowest BCUT2D eigenvalue weighted by molar-refractivity contribution is -0.384. The van der Waals surface area contributed by atoms with Gasteiger partial charge in [-0.1, -0.05) is 18.2 Å². The third-order valence-corrected chi connectivity index (χ3v) is 3.30. The zero-order chi connectivity index (χ0) is 11.4. The Morgan fingerprint density at radius 3 is 2.75 bits per heavy atom. The molecule has 3 nitrogen and oxygen atoms in total. The Bertz CT molecular complexity index is 480. The van der Waals surface area contributed by atoms with Gasteiger partial charge < -0.3 is 0 Å². The number of nitrogens with zero attached hydrogens (tertiary/aromatic N) is 1. The van der Waals surface area contributed by atoms with Crippen LogP contribution < -0.4 is 0 Å².